The van der Waals surface area contributed by atoms with E-state index in [9.17, 15) is 9.59 Å². The number of hydrogen-bond donors (Lipinski definition) is 2. The quantitative estimate of drug-likeness (QED) is 0.786. The van der Waals surface area contributed by atoms with E-state index in [4.69, 9.17) is 5.11 Å². The van der Waals surface area contributed by atoms with Gasteiger partial charge in [-0.15, -0.1) is 0 Å². The highest BCUT2D eigenvalue weighted by Crippen LogP contribution is 2.13. The summed E-state index contributed by atoms with van der Waals surface area (Å²) in [5.74, 6) is -0.722. The molecule has 2 rings (SSSR count). The third-order valence-corrected chi connectivity index (χ3v) is 3.48. The second-order valence-electron chi connectivity index (χ2n) is 5.31. The van der Waals surface area contributed by atoms with E-state index >= 15 is 0 Å². The van der Waals surface area contributed by atoms with E-state index in [1.165, 1.54) is 18.5 Å². The van der Waals surface area contributed by atoms with Gasteiger partial charge in [-0.25, -0.2) is 4.79 Å². The summed E-state index contributed by atoms with van der Waals surface area (Å²) in [7, 11) is 2.07. The molecule has 0 aromatic carbocycles. The molecule has 112 valence electrons. The van der Waals surface area contributed by atoms with Gasteiger partial charge in [-0.2, -0.15) is 0 Å². The number of nitrogens with one attached hydrogen (secondary N) is 1. The van der Waals surface area contributed by atoms with Gasteiger partial charge >= 0.3 is 5.97 Å². The molecule has 0 aliphatic carbocycles. The Hall–Kier alpha value is -2.21. The summed E-state index contributed by atoms with van der Waals surface area (Å²) in [6.07, 6.45) is 6.53. The number of rotatable bonds is 5. The molecule has 1 saturated heterocycles. The topological polar surface area (TPSA) is 82.5 Å². The summed E-state index contributed by atoms with van der Waals surface area (Å²) in [6, 6.07) is 1.63. The van der Waals surface area contributed by atoms with Crippen molar-refractivity contribution in [1.82, 2.24) is 15.2 Å². The average molecular weight is 289 g/mol. The molecule has 1 aliphatic heterocycles. The van der Waals surface area contributed by atoms with Crippen LogP contribution in [0.5, 0.6) is 0 Å². The van der Waals surface area contributed by atoms with Crippen LogP contribution in [-0.2, 0) is 4.79 Å². The standard InChI is InChI=1S/C15H19N3O3/c1-18-5-4-12(10-18)8-17-15(21)13-6-11(7-16-9-13)2-3-14(19)20/h2-3,6-7,9,12H,4-5,8,10H2,1H3,(H,17,21)(H,19,20). The minimum absolute atomic E-state index is 0.178. The summed E-state index contributed by atoms with van der Waals surface area (Å²) < 4.78 is 0. The number of aromatic nitrogens is 1. The van der Waals surface area contributed by atoms with E-state index in [0.717, 1.165) is 25.6 Å². The molecule has 1 fully saturated rings. The highest BCUT2D eigenvalue weighted by atomic mass is 16.4. The molecular weight excluding hydrogens is 270 g/mol. The van der Waals surface area contributed by atoms with Gasteiger partial charge < -0.3 is 15.3 Å². The molecule has 1 aromatic heterocycles. The summed E-state index contributed by atoms with van der Waals surface area (Å²) in [5.41, 5.74) is 1.03. The minimum Gasteiger partial charge on any atom is -0.478 e. The maximum Gasteiger partial charge on any atom is 0.328 e. The van der Waals surface area contributed by atoms with E-state index in [1.807, 2.05) is 0 Å². The van der Waals surface area contributed by atoms with Crippen LogP contribution in [0.4, 0.5) is 0 Å². The van der Waals surface area contributed by atoms with Gasteiger partial charge in [0.1, 0.15) is 0 Å². The van der Waals surface area contributed by atoms with Crippen LogP contribution >= 0.6 is 0 Å². The van der Waals surface area contributed by atoms with Crippen LogP contribution in [0.25, 0.3) is 6.08 Å². The number of carbonyl (C=O) groups excluding carboxylic acids is 1. The van der Waals surface area contributed by atoms with E-state index in [0.29, 0.717) is 23.6 Å². The molecule has 2 heterocycles. The lowest BCUT2D eigenvalue weighted by Crippen LogP contribution is -2.30. The smallest absolute Gasteiger partial charge is 0.328 e. The lowest BCUT2D eigenvalue weighted by atomic mass is 10.1. The molecule has 6 nitrogen and oxygen atoms in total. The van der Waals surface area contributed by atoms with E-state index in [2.05, 4.69) is 22.2 Å². The van der Waals surface area contributed by atoms with Gasteiger partial charge in [0.05, 0.1) is 5.56 Å². The maximum atomic E-state index is 12.1. The third-order valence-electron chi connectivity index (χ3n) is 3.48. The Kier molecular flexibility index (Phi) is 5.05. The molecule has 0 spiro atoms. The van der Waals surface area contributed by atoms with Crippen molar-refractivity contribution in [3.05, 3.63) is 35.7 Å². The van der Waals surface area contributed by atoms with Gasteiger partial charge in [-0.05, 0) is 43.6 Å². The Labute approximate surface area is 123 Å². The molecule has 1 aliphatic rings. The monoisotopic (exact) mass is 289 g/mol. The predicted octanol–water partition coefficient (Wildman–Crippen LogP) is 0.861. The zero-order chi connectivity index (χ0) is 15.2. The Morgan fingerprint density at radius 3 is 3.00 bits per heavy atom. The summed E-state index contributed by atoms with van der Waals surface area (Å²) in [5, 5.41) is 11.5. The van der Waals surface area contributed by atoms with Gasteiger partial charge in [0.25, 0.3) is 5.91 Å². The van der Waals surface area contributed by atoms with Crippen molar-refractivity contribution in [2.45, 2.75) is 6.42 Å². The van der Waals surface area contributed by atoms with Crippen LogP contribution in [0.3, 0.4) is 0 Å². The number of hydrogen-bond acceptors (Lipinski definition) is 4. The fourth-order valence-electron chi connectivity index (χ4n) is 2.37. The van der Waals surface area contributed by atoms with Crippen molar-refractivity contribution in [3.8, 4) is 0 Å². The first-order valence-corrected chi connectivity index (χ1v) is 6.87. The fraction of sp³-hybridized carbons (Fsp3) is 0.400. The molecule has 1 atom stereocenters. The Balaban J connectivity index is 1.92. The summed E-state index contributed by atoms with van der Waals surface area (Å²) >= 11 is 0. The van der Waals surface area contributed by atoms with Gasteiger partial charge in [0.2, 0.25) is 0 Å². The van der Waals surface area contributed by atoms with Crippen molar-refractivity contribution < 1.29 is 14.7 Å². The molecule has 1 unspecified atom stereocenters. The van der Waals surface area contributed by atoms with Crippen LogP contribution < -0.4 is 5.32 Å². The Morgan fingerprint density at radius 1 is 1.52 bits per heavy atom. The number of nitrogens with zero attached hydrogens (tertiary/aromatic N) is 2. The van der Waals surface area contributed by atoms with Crippen molar-refractivity contribution in [2.24, 2.45) is 5.92 Å². The zero-order valence-electron chi connectivity index (χ0n) is 12.0. The Bertz CT molecular complexity index is 557. The first-order chi connectivity index (χ1) is 10.0. The van der Waals surface area contributed by atoms with Crippen LogP contribution in [0.1, 0.15) is 22.3 Å². The van der Waals surface area contributed by atoms with Crippen LogP contribution in [-0.4, -0.2) is 53.5 Å². The fourth-order valence-corrected chi connectivity index (χ4v) is 2.37. The normalized spacial score (nSPS) is 19.0. The molecule has 0 saturated carbocycles. The number of carbonyl (C=O) groups is 2. The van der Waals surface area contributed by atoms with Crippen LogP contribution in [0, 0.1) is 5.92 Å². The first kappa shape index (κ1) is 15.2. The number of carboxylic acid groups (broad SMARTS) is 1. The van der Waals surface area contributed by atoms with Crippen molar-refractivity contribution >= 4 is 18.0 Å². The molecule has 21 heavy (non-hydrogen) atoms. The van der Waals surface area contributed by atoms with Gasteiger partial charge in [0.15, 0.2) is 0 Å². The van der Waals surface area contributed by atoms with Crippen LogP contribution in [0.15, 0.2) is 24.5 Å². The van der Waals surface area contributed by atoms with Crippen molar-refractivity contribution in [1.29, 1.82) is 0 Å². The number of carboxylic acids is 1. The van der Waals surface area contributed by atoms with E-state index < -0.39 is 5.97 Å². The zero-order valence-corrected chi connectivity index (χ0v) is 12.0. The molecule has 2 N–H and O–H groups in total. The Morgan fingerprint density at radius 2 is 2.33 bits per heavy atom. The lowest BCUT2D eigenvalue weighted by molar-refractivity contribution is -0.131. The van der Waals surface area contributed by atoms with Crippen LogP contribution in [0.2, 0.25) is 0 Å². The van der Waals surface area contributed by atoms with Gasteiger partial charge in [-0.3, -0.25) is 9.78 Å². The molecular formula is C15H19N3O3. The van der Waals surface area contributed by atoms with Gasteiger partial charge in [-0.1, -0.05) is 0 Å². The average Bonchev–Trinajstić information content (AvgIpc) is 2.88. The number of amides is 1. The second-order valence-corrected chi connectivity index (χ2v) is 5.31. The molecule has 0 bridgehead atoms. The SMILES string of the molecule is CN1CCC(CNC(=O)c2cncc(C=CC(=O)O)c2)C1. The van der Waals surface area contributed by atoms with E-state index in [-0.39, 0.29) is 5.91 Å². The van der Waals surface area contributed by atoms with Gasteiger partial charge in [0, 0.05) is 31.6 Å². The van der Waals surface area contributed by atoms with Crippen molar-refractivity contribution in [3.63, 3.8) is 0 Å². The highest BCUT2D eigenvalue weighted by Gasteiger charge is 2.20. The minimum atomic E-state index is -1.03. The summed E-state index contributed by atoms with van der Waals surface area (Å²) in [4.78, 5) is 28.8. The molecule has 6 heteroatoms. The number of likely N-dealkylation sites (tertiary alicyclic amines) is 1. The number of aliphatic carboxylic acids is 1. The molecule has 0 radical (unpaired) electrons. The molecule has 1 aromatic rings. The first-order valence-electron chi connectivity index (χ1n) is 6.87. The lowest BCUT2D eigenvalue weighted by Gasteiger charge is -2.11. The second kappa shape index (κ2) is 6.99. The van der Waals surface area contributed by atoms with Crippen molar-refractivity contribution in [2.75, 3.05) is 26.7 Å². The summed E-state index contributed by atoms with van der Waals surface area (Å²) in [6.45, 7) is 2.72. The number of pyridine rings is 1. The van der Waals surface area contributed by atoms with E-state index in [1.54, 1.807) is 6.07 Å². The predicted molar refractivity (Wildman–Crippen MR) is 78.8 cm³/mol. The maximum absolute atomic E-state index is 12.1. The highest BCUT2D eigenvalue weighted by molar-refractivity contribution is 5.94. The molecule has 1 amide bonds. The largest absolute Gasteiger partial charge is 0.478 e. The third kappa shape index (κ3) is 4.68.